The molecule has 0 radical (unpaired) electrons. The normalized spacial score (nSPS) is 22.2. The fraction of sp³-hybridized carbons (Fsp3) is 0.421. The molecule has 82 heavy (non-hydrogen) atoms. The molecule has 1 unspecified atom stereocenters. The molecule has 2 saturated heterocycles. The molecule has 0 bridgehead atoms. The number of halogens is 3. The van der Waals surface area contributed by atoms with Crippen LogP contribution in [0.5, 0.6) is 0 Å². The number of rotatable bonds is 24. The molecule has 9 rings (SSSR count). The van der Waals surface area contributed by atoms with Gasteiger partial charge in [0.2, 0.25) is 0 Å². The van der Waals surface area contributed by atoms with Crippen molar-refractivity contribution in [2.75, 3.05) is 32.3 Å². The minimum Gasteiger partial charge on any atom is -0.408 e. The Morgan fingerprint density at radius 1 is 0.720 bits per heavy atom. The first-order valence-electron chi connectivity index (χ1n) is 26.5. The number of nitrogens with zero attached hydrogens (tertiary/aromatic N) is 7. The molecule has 25 heteroatoms. The lowest BCUT2D eigenvalue weighted by atomic mass is 10.1. The van der Waals surface area contributed by atoms with Crippen LogP contribution in [0.1, 0.15) is 61.0 Å². The minimum atomic E-state index is -4.77. The third kappa shape index (κ3) is 13.7. The molecule has 5 heterocycles. The zero-order chi connectivity index (χ0) is 58.4. The molecular formula is C57H67F3N7O12PSSi. The molecule has 0 saturated carbocycles. The summed E-state index contributed by atoms with van der Waals surface area (Å²) >= 11 is 6.17. The molecule has 2 aliphatic heterocycles. The van der Waals surface area contributed by atoms with E-state index in [4.69, 9.17) is 68.4 Å². The summed E-state index contributed by atoms with van der Waals surface area (Å²) in [6, 6.07) is 35.2. The average molecular weight is 1190 g/mol. The van der Waals surface area contributed by atoms with Gasteiger partial charge in [-0.1, -0.05) is 130 Å². The van der Waals surface area contributed by atoms with Gasteiger partial charge in [0.25, 0.3) is 5.56 Å². The lowest BCUT2D eigenvalue weighted by Gasteiger charge is -2.40. The number of ether oxygens (including phenoxy) is 5. The molecule has 2 fully saturated rings. The van der Waals surface area contributed by atoms with Gasteiger partial charge in [0.05, 0.1) is 38.3 Å². The van der Waals surface area contributed by atoms with Gasteiger partial charge in [-0.15, -0.1) is 0 Å². The highest BCUT2D eigenvalue weighted by atomic mass is 32.5. The van der Waals surface area contributed by atoms with Gasteiger partial charge in [0.15, 0.2) is 37.8 Å². The van der Waals surface area contributed by atoms with Gasteiger partial charge < -0.3 is 47.2 Å². The van der Waals surface area contributed by atoms with Crippen molar-refractivity contribution >= 4 is 43.8 Å². The zero-order valence-electron chi connectivity index (χ0n) is 46.4. The number of hydrogen-bond acceptors (Lipinski definition) is 17. The van der Waals surface area contributed by atoms with E-state index < -0.39 is 114 Å². The smallest absolute Gasteiger partial charge is 0.408 e. The molecule has 4 aromatic carbocycles. The Labute approximate surface area is 478 Å². The summed E-state index contributed by atoms with van der Waals surface area (Å²) in [6.45, 7) is 4.88. The van der Waals surface area contributed by atoms with Crippen LogP contribution in [0.15, 0.2) is 150 Å². The van der Waals surface area contributed by atoms with Gasteiger partial charge in [-0.2, -0.15) is 13.2 Å². The van der Waals surface area contributed by atoms with Crippen molar-refractivity contribution < 1.29 is 60.0 Å². The third-order valence-corrected chi connectivity index (χ3v) is 21.7. The number of imidazole rings is 1. The zero-order valence-corrected chi connectivity index (χ0v) is 49.1. The second-order valence-corrected chi connectivity index (χ2v) is 29.1. The van der Waals surface area contributed by atoms with Crippen molar-refractivity contribution in [1.82, 2.24) is 28.7 Å². The molecule has 0 amide bonds. The number of aliphatic hydroxyl groups is 1. The molecule has 9 atom stereocenters. The van der Waals surface area contributed by atoms with Crippen molar-refractivity contribution in [2.45, 2.75) is 127 Å². The largest absolute Gasteiger partial charge is 0.416 e. The monoisotopic (exact) mass is 1190 g/mol. The van der Waals surface area contributed by atoms with Gasteiger partial charge in [-0.3, -0.25) is 18.5 Å². The second kappa shape index (κ2) is 26.0. The van der Waals surface area contributed by atoms with Crippen LogP contribution in [-0.2, 0) is 92.7 Å². The topological polar surface area (TPSA) is 194 Å². The van der Waals surface area contributed by atoms with Gasteiger partial charge >= 0.3 is 18.6 Å². The van der Waals surface area contributed by atoms with Crippen LogP contribution in [0.25, 0.3) is 11.2 Å². The van der Waals surface area contributed by atoms with E-state index in [0.29, 0.717) is 30.1 Å². The van der Waals surface area contributed by atoms with E-state index in [0.717, 1.165) is 38.0 Å². The third-order valence-electron chi connectivity index (χ3n) is 14.9. The Hall–Kier alpha value is -5.83. The molecule has 0 spiro atoms. The second-order valence-electron chi connectivity index (χ2n) is 21.4. The standard InChI is InChI=1S/C57H67F3N7O12PSSi/c1-56(2,3)82(6,7)79-48-44(77-54(50(48)72-5)66-36-63-46-51(61-35-62-52(46)66)64(29-38-19-11-8-12-20-38)30-39-21-13-9-14-22-39)34-75-80(81,74-33-41-25-17-18-26-42(41)57(58,59)60)78-47-43(31-68)76-53(49(47)71-4)65-28-27-45(69)67(55(65)70)37-73-32-40-23-15-10-16-24-40/h8-28,35-36,43-44,47-50,53-54,68H,29-34,37H2,1-7H3/t43-,44-,47-,48-,49-,50-,53-,54-,80?/m1/s1. The van der Waals surface area contributed by atoms with Gasteiger partial charge in [0, 0.05) is 39.6 Å². The highest BCUT2D eigenvalue weighted by molar-refractivity contribution is 8.07. The lowest BCUT2D eigenvalue weighted by Crippen LogP contribution is -2.50. The summed E-state index contributed by atoms with van der Waals surface area (Å²) in [7, 11) is 0.140. The van der Waals surface area contributed by atoms with E-state index in [9.17, 15) is 27.9 Å². The first-order chi connectivity index (χ1) is 39.2. The molecule has 3 aromatic heterocycles. The Balaban J connectivity index is 1.05. The van der Waals surface area contributed by atoms with Crippen molar-refractivity contribution in [3.63, 3.8) is 0 Å². The summed E-state index contributed by atoms with van der Waals surface area (Å²) in [6.07, 6.45) is -9.44. The number of aliphatic hydroxyl groups excluding tert-OH is 1. The van der Waals surface area contributed by atoms with E-state index in [2.05, 4.69) is 38.8 Å². The van der Waals surface area contributed by atoms with Crippen LogP contribution in [0.3, 0.4) is 0 Å². The number of hydrogen-bond donors (Lipinski definition) is 1. The number of methoxy groups -OCH3 is 2. The van der Waals surface area contributed by atoms with E-state index in [1.165, 1.54) is 44.9 Å². The number of aromatic nitrogens is 6. The van der Waals surface area contributed by atoms with Gasteiger partial charge in [0.1, 0.15) is 49.7 Å². The van der Waals surface area contributed by atoms with Gasteiger partial charge in [-0.25, -0.2) is 24.3 Å². The molecule has 1 N–H and O–H groups in total. The summed E-state index contributed by atoms with van der Waals surface area (Å²) < 4.78 is 105. The molecular weight excluding hydrogens is 1120 g/mol. The molecule has 2 aliphatic rings. The quantitative estimate of drug-likeness (QED) is 0.0444. The summed E-state index contributed by atoms with van der Waals surface area (Å²) in [5, 5.41) is 10.5. The number of benzene rings is 4. The summed E-state index contributed by atoms with van der Waals surface area (Å²) in [4.78, 5) is 43.7. The average Bonchev–Trinajstić information content (AvgIpc) is 3.38. The Morgan fingerprint density at radius 2 is 1.30 bits per heavy atom. The first-order valence-corrected chi connectivity index (χ1v) is 32.0. The van der Waals surface area contributed by atoms with Crippen LogP contribution in [0.4, 0.5) is 19.0 Å². The predicted octanol–water partition coefficient (Wildman–Crippen LogP) is 9.30. The van der Waals surface area contributed by atoms with Crippen LogP contribution in [0, 0.1) is 0 Å². The van der Waals surface area contributed by atoms with Crippen LogP contribution in [-0.4, -0.2) is 106 Å². The number of alkyl halides is 3. The predicted molar refractivity (Wildman–Crippen MR) is 304 cm³/mol. The van der Waals surface area contributed by atoms with E-state index in [1.54, 1.807) is 10.9 Å². The maximum Gasteiger partial charge on any atom is 0.416 e. The van der Waals surface area contributed by atoms with Crippen molar-refractivity contribution in [3.05, 3.63) is 189 Å². The van der Waals surface area contributed by atoms with Crippen molar-refractivity contribution in [3.8, 4) is 0 Å². The maximum atomic E-state index is 14.5. The summed E-state index contributed by atoms with van der Waals surface area (Å²) in [5.41, 5.74) is 1.12. The van der Waals surface area contributed by atoms with Crippen LogP contribution >= 0.6 is 6.72 Å². The Kier molecular flexibility index (Phi) is 19.2. The number of fused-ring (bicyclic) bond motifs is 1. The highest BCUT2D eigenvalue weighted by Crippen LogP contribution is 2.56. The Bertz CT molecular complexity index is 3370. The fourth-order valence-electron chi connectivity index (χ4n) is 9.66. The number of anilines is 1. The van der Waals surface area contributed by atoms with Crippen molar-refractivity contribution in [2.24, 2.45) is 0 Å². The fourth-order valence-corrected chi connectivity index (χ4v) is 13.0. The summed E-state index contributed by atoms with van der Waals surface area (Å²) in [5.74, 6) is 0.576. The first kappa shape index (κ1) is 60.7. The molecule has 0 aliphatic carbocycles. The molecule has 7 aromatic rings. The van der Waals surface area contributed by atoms with E-state index >= 15 is 0 Å². The SMILES string of the molecule is CO[C@@H]1[C@H](OP(=S)(OCc2ccccc2C(F)(F)F)OC[C@H]2O[C@@H](n3cnc4c(N(Cc5ccccc5)Cc5ccccc5)ncnc43)[C@H](OC)[C@@H]2O[Si](C)(C)C(C)(C)C)[C@@H](CO)O[C@H]1n1ccc(=O)n(COCc2ccccc2)c1=O. The van der Waals surface area contributed by atoms with Gasteiger partial charge in [-0.05, 0) is 58.3 Å². The van der Waals surface area contributed by atoms with E-state index in [1.807, 2.05) is 91.0 Å². The minimum absolute atomic E-state index is 0.102. The maximum absolute atomic E-state index is 14.5. The Morgan fingerprint density at radius 3 is 1.91 bits per heavy atom. The van der Waals surface area contributed by atoms with Crippen molar-refractivity contribution in [1.29, 1.82) is 0 Å². The highest BCUT2D eigenvalue weighted by Gasteiger charge is 2.54. The van der Waals surface area contributed by atoms with E-state index in [-0.39, 0.29) is 17.2 Å². The van der Waals surface area contributed by atoms with Crippen LogP contribution in [0.2, 0.25) is 18.1 Å². The molecule has 438 valence electrons. The lowest BCUT2D eigenvalue weighted by molar-refractivity contribution is -0.138. The molecule has 19 nitrogen and oxygen atoms in total. The van der Waals surface area contributed by atoms with Crippen LogP contribution < -0.4 is 16.1 Å².